The summed E-state index contributed by atoms with van der Waals surface area (Å²) >= 11 is 0. The Hall–Kier alpha value is -3.93. The minimum absolute atomic E-state index is 0.0398. The fourth-order valence-electron chi connectivity index (χ4n) is 4.44. The first kappa shape index (κ1) is 29.1. The van der Waals surface area contributed by atoms with Gasteiger partial charge < -0.3 is 25.0 Å². The van der Waals surface area contributed by atoms with Crippen molar-refractivity contribution in [3.63, 3.8) is 0 Å². The van der Waals surface area contributed by atoms with Gasteiger partial charge in [-0.15, -0.1) is 0 Å². The van der Waals surface area contributed by atoms with Gasteiger partial charge in [-0.3, -0.25) is 4.79 Å². The first-order chi connectivity index (χ1) is 19.3. The van der Waals surface area contributed by atoms with Crippen molar-refractivity contribution in [1.29, 1.82) is 0 Å². The molecule has 0 radical (unpaired) electrons. The number of nitrogens with zero attached hydrogens (tertiary/aromatic N) is 2. The van der Waals surface area contributed by atoms with Gasteiger partial charge in [0.1, 0.15) is 11.8 Å². The van der Waals surface area contributed by atoms with Crippen LogP contribution in [0.2, 0.25) is 0 Å². The number of methoxy groups -OCH3 is 1. The molecule has 11 heteroatoms. The summed E-state index contributed by atoms with van der Waals surface area (Å²) < 4.78 is 39.1. The van der Waals surface area contributed by atoms with Crippen molar-refractivity contribution in [3.05, 3.63) is 78.9 Å². The lowest BCUT2D eigenvalue weighted by Crippen LogP contribution is -2.62. The van der Waals surface area contributed by atoms with Crippen LogP contribution in [0.3, 0.4) is 0 Å². The minimum atomic E-state index is -4.04. The first-order valence-electron chi connectivity index (χ1n) is 13.1. The van der Waals surface area contributed by atoms with Gasteiger partial charge in [0.2, 0.25) is 15.9 Å². The number of nitrogens with one attached hydrogen (secondary N) is 2. The molecule has 1 saturated heterocycles. The minimum Gasteiger partial charge on any atom is -0.494 e. The zero-order valence-corrected chi connectivity index (χ0v) is 23.4. The molecule has 3 aromatic carbocycles. The molecule has 0 saturated carbocycles. The lowest BCUT2D eigenvalue weighted by Gasteiger charge is -2.39. The maximum absolute atomic E-state index is 13.7. The van der Waals surface area contributed by atoms with E-state index in [0.717, 1.165) is 11.1 Å². The van der Waals surface area contributed by atoms with Gasteiger partial charge in [-0.05, 0) is 54.4 Å². The molecule has 2 N–H and O–H groups in total. The Morgan fingerprint density at radius 3 is 2.25 bits per heavy atom. The van der Waals surface area contributed by atoms with Gasteiger partial charge in [-0.1, -0.05) is 42.5 Å². The number of amides is 3. The molecule has 1 aliphatic heterocycles. The number of carbonyl (C=O) groups is 2. The number of rotatable bonds is 10. The second-order valence-corrected chi connectivity index (χ2v) is 11.0. The second-order valence-electron chi connectivity index (χ2n) is 9.14. The predicted octanol–water partition coefficient (Wildman–Crippen LogP) is 3.42. The number of piperazine rings is 1. The van der Waals surface area contributed by atoms with Crippen molar-refractivity contribution >= 4 is 27.6 Å². The molecule has 1 aliphatic rings. The van der Waals surface area contributed by atoms with E-state index in [1.807, 2.05) is 37.3 Å². The van der Waals surface area contributed by atoms with Gasteiger partial charge in [-0.2, -0.15) is 4.31 Å². The molecule has 0 spiro atoms. The van der Waals surface area contributed by atoms with Crippen LogP contribution in [0.5, 0.6) is 5.75 Å². The molecule has 40 heavy (non-hydrogen) atoms. The molecule has 1 atom stereocenters. The Kier molecular flexibility index (Phi) is 9.75. The Labute approximate surface area is 234 Å². The fourth-order valence-corrected chi connectivity index (χ4v) is 6.01. The van der Waals surface area contributed by atoms with Crippen molar-refractivity contribution in [2.75, 3.05) is 51.8 Å². The summed E-state index contributed by atoms with van der Waals surface area (Å²) in [6, 6.07) is 21.6. The summed E-state index contributed by atoms with van der Waals surface area (Å²) in [5.41, 5.74) is 2.40. The second kappa shape index (κ2) is 13.4. The average Bonchev–Trinajstić information content (AvgIpc) is 2.98. The SMILES string of the molecule is CCOc1ccc(NC(=O)N2CCN(S(=O)(=O)c3ccc(-c4ccccc4)cc3)C(C(=O)NCCOC)C2)cc1. The molecule has 212 valence electrons. The van der Waals surface area contributed by atoms with Crippen LogP contribution in [-0.4, -0.2) is 82.1 Å². The van der Waals surface area contributed by atoms with Crippen LogP contribution >= 0.6 is 0 Å². The zero-order valence-electron chi connectivity index (χ0n) is 22.6. The van der Waals surface area contributed by atoms with E-state index < -0.39 is 28.0 Å². The van der Waals surface area contributed by atoms with Crippen LogP contribution in [0.4, 0.5) is 10.5 Å². The van der Waals surface area contributed by atoms with E-state index in [4.69, 9.17) is 9.47 Å². The Balaban J connectivity index is 1.52. The van der Waals surface area contributed by atoms with Gasteiger partial charge in [0, 0.05) is 39.0 Å². The van der Waals surface area contributed by atoms with Crippen LogP contribution in [0.1, 0.15) is 6.92 Å². The molecular formula is C29H34N4O6S. The lowest BCUT2D eigenvalue weighted by molar-refractivity contribution is -0.126. The summed E-state index contributed by atoms with van der Waals surface area (Å²) in [4.78, 5) is 27.8. The Morgan fingerprint density at radius 2 is 1.60 bits per heavy atom. The highest BCUT2D eigenvalue weighted by Gasteiger charge is 2.41. The highest BCUT2D eigenvalue weighted by Crippen LogP contribution is 2.26. The van der Waals surface area contributed by atoms with Crippen LogP contribution in [0, 0.1) is 0 Å². The first-order valence-corrected chi connectivity index (χ1v) is 14.5. The molecule has 3 amide bonds. The quantitative estimate of drug-likeness (QED) is 0.363. The van der Waals surface area contributed by atoms with E-state index in [0.29, 0.717) is 18.0 Å². The smallest absolute Gasteiger partial charge is 0.321 e. The maximum Gasteiger partial charge on any atom is 0.321 e. The third kappa shape index (κ3) is 6.98. The number of sulfonamides is 1. The standard InChI is InChI=1S/C29H34N4O6S/c1-3-39-25-13-11-24(12-14-25)31-29(35)32-18-19-33(27(21-32)28(34)30-17-20-38-2)40(36,37)26-15-9-23(10-16-26)22-7-5-4-6-8-22/h4-16,27H,3,17-21H2,1-2H3,(H,30,34)(H,31,35). The summed E-state index contributed by atoms with van der Waals surface area (Å²) in [7, 11) is -2.53. The van der Waals surface area contributed by atoms with Gasteiger partial charge in [0.15, 0.2) is 0 Å². The van der Waals surface area contributed by atoms with Gasteiger partial charge in [0.25, 0.3) is 0 Å². The van der Waals surface area contributed by atoms with Crippen molar-refractivity contribution in [3.8, 4) is 16.9 Å². The number of ether oxygens (including phenoxy) is 2. The van der Waals surface area contributed by atoms with Crippen molar-refractivity contribution < 1.29 is 27.5 Å². The largest absolute Gasteiger partial charge is 0.494 e. The van der Waals surface area contributed by atoms with E-state index in [2.05, 4.69) is 10.6 Å². The number of hydrogen-bond donors (Lipinski definition) is 2. The van der Waals surface area contributed by atoms with Gasteiger partial charge in [0.05, 0.1) is 18.1 Å². The normalized spacial score (nSPS) is 15.8. The Morgan fingerprint density at radius 1 is 0.925 bits per heavy atom. The lowest BCUT2D eigenvalue weighted by atomic mass is 10.1. The molecular weight excluding hydrogens is 532 g/mol. The van der Waals surface area contributed by atoms with E-state index in [1.54, 1.807) is 48.5 Å². The van der Waals surface area contributed by atoms with Crippen molar-refractivity contribution in [2.45, 2.75) is 17.9 Å². The average molecular weight is 567 g/mol. The molecule has 0 aliphatic carbocycles. The van der Waals surface area contributed by atoms with Crippen molar-refractivity contribution in [2.24, 2.45) is 0 Å². The van der Waals surface area contributed by atoms with Crippen molar-refractivity contribution in [1.82, 2.24) is 14.5 Å². The number of hydrogen-bond acceptors (Lipinski definition) is 6. The summed E-state index contributed by atoms with van der Waals surface area (Å²) in [6.45, 7) is 2.87. The topological polar surface area (TPSA) is 117 Å². The Bertz CT molecular complexity index is 1380. The summed E-state index contributed by atoms with van der Waals surface area (Å²) in [6.07, 6.45) is 0. The number of urea groups is 1. The van der Waals surface area contributed by atoms with Crippen LogP contribution in [0.15, 0.2) is 83.8 Å². The number of anilines is 1. The van der Waals surface area contributed by atoms with E-state index in [9.17, 15) is 18.0 Å². The molecule has 0 bridgehead atoms. The van der Waals surface area contributed by atoms with E-state index in [-0.39, 0.29) is 37.7 Å². The highest BCUT2D eigenvalue weighted by molar-refractivity contribution is 7.89. The predicted molar refractivity (Wildman–Crippen MR) is 153 cm³/mol. The maximum atomic E-state index is 13.7. The third-order valence-electron chi connectivity index (χ3n) is 6.51. The highest BCUT2D eigenvalue weighted by atomic mass is 32.2. The van der Waals surface area contributed by atoms with Crippen LogP contribution in [-0.2, 0) is 19.6 Å². The van der Waals surface area contributed by atoms with Crippen LogP contribution < -0.4 is 15.4 Å². The molecule has 0 aromatic heterocycles. The summed E-state index contributed by atoms with van der Waals surface area (Å²) in [5, 5.41) is 5.53. The zero-order chi connectivity index (χ0) is 28.5. The fraction of sp³-hybridized carbons (Fsp3) is 0.310. The number of benzene rings is 3. The van der Waals surface area contributed by atoms with E-state index in [1.165, 1.54) is 16.3 Å². The molecule has 1 heterocycles. The van der Waals surface area contributed by atoms with Gasteiger partial charge >= 0.3 is 6.03 Å². The van der Waals surface area contributed by atoms with E-state index >= 15 is 0 Å². The molecule has 3 aromatic rings. The summed E-state index contributed by atoms with van der Waals surface area (Å²) in [5.74, 6) is 0.184. The number of carbonyl (C=O) groups excluding carboxylic acids is 2. The monoisotopic (exact) mass is 566 g/mol. The molecule has 1 fully saturated rings. The van der Waals surface area contributed by atoms with Gasteiger partial charge in [-0.25, -0.2) is 13.2 Å². The third-order valence-corrected chi connectivity index (χ3v) is 8.43. The molecule has 10 nitrogen and oxygen atoms in total. The molecule has 1 unspecified atom stereocenters. The molecule has 4 rings (SSSR count). The van der Waals surface area contributed by atoms with Crippen LogP contribution in [0.25, 0.3) is 11.1 Å².